The van der Waals surface area contributed by atoms with E-state index in [9.17, 15) is 4.39 Å². The first-order valence-electron chi connectivity index (χ1n) is 6.40. The topological polar surface area (TPSA) is 15.3 Å². The average molecular weight is 246 g/mol. The Kier molecular flexibility index (Phi) is 4.74. The predicted octanol–water partition coefficient (Wildman–Crippen LogP) is 1.67. The van der Waals surface area contributed by atoms with Crippen LogP contribution in [0, 0.1) is 17.7 Å². The van der Waals surface area contributed by atoms with Crippen LogP contribution in [0.15, 0.2) is 24.3 Å². The van der Waals surface area contributed by atoms with Gasteiger partial charge in [0, 0.05) is 32.1 Å². The average Bonchev–Trinajstić information content (AvgIpc) is 2.37. The van der Waals surface area contributed by atoms with Crippen molar-refractivity contribution >= 4 is 0 Å². The highest BCUT2D eigenvalue weighted by Crippen LogP contribution is 2.02. The standard InChI is InChI=1S/C15H19FN2/c1-13-12-18(11-9-17-13)10-3-2-4-14-5-7-15(16)8-6-14/h5-8,13,17H,4,9-12H2,1H3. The van der Waals surface area contributed by atoms with Crippen molar-refractivity contribution < 1.29 is 4.39 Å². The van der Waals surface area contributed by atoms with Gasteiger partial charge in [0.15, 0.2) is 0 Å². The Labute approximate surface area is 108 Å². The summed E-state index contributed by atoms with van der Waals surface area (Å²) in [5.74, 6) is 6.15. The predicted molar refractivity (Wildman–Crippen MR) is 71.8 cm³/mol. The number of rotatable bonds is 2. The fourth-order valence-corrected chi connectivity index (χ4v) is 2.09. The maximum Gasteiger partial charge on any atom is 0.123 e. The smallest absolute Gasteiger partial charge is 0.123 e. The zero-order valence-electron chi connectivity index (χ0n) is 10.7. The van der Waals surface area contributed by atoms with Gasteiger partial charge in [0.05, 0.1) is 6.54 Å². The van der Waals surface area contributed by atoms with E-state index >= 15 is 0 Å². The second-order valence-electron chi connectivity index (χ2n) is 4.75. The lowest BCUT2D eigenvalue weighted by atomic mass is 10.1. The molecule has 2 rings (SSSR count). The van der Waals surface area contributed by atoms with Crippen molar-refractivity contribution in [3.8, 4) is 11.8 Å². The van der Waals surface area contributed by atoms with Gasteiger partial charge in [0.25, 0.3) is 0 Å². The van der Waals surface area contributed by atoms with Gasteiger partial charge in [-0.2, -0.15) is 0 Å². The first kappa shape index (κ1) is 13.1. The van der Waals surface area contributed by atoms with Crippen LogP contribution in [0.2, 0.25) is 0 Å². The van der Waals surface area contributed by atoms with E-state index in [1.54, 1.807) is 12.1 Å². The van der Waals surface area contributed by atoms with Gasteiger partial charge in [0.1, 0.15) is 5.82 Å². The van der Waals surface area contributed by atoms with Crippen molar-refractivity contribution in [2.45, 2.75) is 19.4 Å². The minimum Gasteiger partial charge on any atom is -0.312 e. The minimum atomic E-state index is -0.193. The van der Waals surface area contributed by atoms with Gasteiger partial charge in [-0.05, 0) is 24.6 Å². The largest absolute Gasteiger partial charge is 0.312 e. The van der Waals surface area contributed by atoms with Crippen LogP contribution in [0.1, 0.15) is 12.5 Å². The SMILES string of the molecule is CC1CN(CC#CCc2ccc(F)cc2)CCN1. The molecule has 0 bridgehead atoms. The quantitative estimate of drug-likeness (QED) is 0.799. The fourth-order valence-electron chi connectivity index (χ4n) is 2.09. The van der Waals surface area contributed by atoms with Gasteiger partial charge in [-0.15, -0.1) is 0 Å². The summed E-state index contributed by atoms with van der Waals surface area (Å²) >= 11 is 0. The van der Waals surface area contributed by atoms with Crippen LogP contribution in [0.3, 0.4) is 0 Å². The monoisotopic (exact) mass is 246 g/mol. The van der Waals surface area contributed by atoms with E-state index in [1.807, 2.05) is 0 Å². The third-order valence-corrected chi connectivity index (χ3v) is 3.09. The lowest BCUT2D eigenvalue weighted by Gasteiger charge is -2.30. The Bertz CT molecular complexity index is 430. The van der Waals surface area contributed by atoms with Gasteiger partial charge < -0.3 is 5.32 Å². The van der Waals surface area contributed by atoms with E-state index in [4.69, 9.17) is 0 Å². The van der Waals surface area contributed by atoms with Gasteiger partial charge in [-0.1, -0.05) is 24.0 Å². The molecule has 3 heteroatoms. The number of piperazine rings is 1. The van der Waals surface area contributed by atoms with Crippen molar-refractivity contribution in [3.05, 3.63) is 35.6 Å². The Morgan fingerprint density at radius 1 is 1.33 bits per heavy atom. The highest BCUT2D eigenvalue weighted by molar-refractivity contribution is 5.21. The second kappa shape index (κ2) is 6.53. The fraction of sp³-hybridized carbons (Fsp3) is 0.467. The summed E-state index contributed by atoms with van der Waals surface area (Å²) < 4.78 is 12.7. The first-order chi connectivity index (χ1) is 8.74. The van der Waals surface area contributed by atoms with Gasteiger partial charge in [-0.3, -0.25) is 4.90 Å². The van der Waals surface area contributed by atoms with Crippen LogP contribution in [-0.4, -0.2) is 37.1 Å². The molecule has 2 nitrogen and oxygen atoms in total. The maximum atomic E-state index is 12.7. The van der Waals surface area contributed by atoms with Crippen molar-refractivity contribution in [3.63, 3.8) is 0 Å². The van der Waals surface area contributed by atoms with E-state index in [1.165, 1.54) is 12.1 Å². The Hall–Kier alpha value is -1.37. The van der Waals surface area contributed by atoms with Gasteiger partial charge >= 0.3 is 0 Å². The van der Waals surface area contributed by atoms with Crippen LogP contribution in [0.5, 0.6) is 0 Å². The van der Waals surface area contributed by atoms with Crippen LogP contribution in [0.4, 0.5) is 4.39 Å². The third-order valence-electron chi connectivity index (χ3n) is 3.09. The molecule has 1 saturated heterocycles. The lowest BCUT2D eigenvalue weighted by Crippen LogP contribution is -2.49. The molecule has 0 radical (unpaired) electrons. The third kappa shape index (κ3) is 4.14. The summed E-state index contributed by atoms with van der Waals surface area (Å²) in [4.78, 5) is 2.36. The molecule has 1 aromatic rings. The summed E-state index contributed by atoms with van der Waals surface area (Å²) in [6.45, 7) is 6.19. The molecule has 1 heterocycles. The molecule has 0 aliphatic carbocycles. The zero-order valence-corrected chi connectivity index (χ0v) is 10.7. The summed E-state index contributed by atoms with van der Waals surface area (Å²) in [7, 11) is 0. The van der Waals surface area contributed by atoms with E-state index in [0.29, 0.717) is 12.5 Å². The molecule has 96 valence electrons. The number of benzene rings is 1. The zero-order chi connectivity index (χ0) is 12.8. The van der Waals surface area contributed by atoms with Crippen LogP contribution >= 0.6 is 0 Å². The molecule has 0 amide bonds. The molecule has 18 heavy (non-hydrogen) atoms. The van der Waals surface area contributed by atoms with E-state index in [-0.39, 0.29) is 5.82 Å². The van der Waals surface area contributed by atoms with Crippen LogP contribution < -0.4 is 5.32 Å². The highest BCUT2D eigenvalue weighted by Gasteiger charge is 2.13. The van der Waals surface area contributed by atoms with Crippen molar-refractivity contribution in [2.75, 3.05) is 26.2 Å². The molecule has 1 aliphatic rings. The van der Waals surface area contributed by atoms with Gasteiger partial charge in [-0.25, -0.2) is 4.39 Å². The summed E-state index contributed by atoms with van der Waals surface area (Å²) in [5, 5.41) is 3.41. The molecule has 1 aromatic carbocycles. The van der Waals surface area contributed by atoms with Crippen LogP contribution in [-0.2, 0) is 6.42 Å². The summed E-state index contributed by atoms with van der Waals surface area (Å²) in [6, 6.07) is 7.09. The van der Waals surface area contributed by atoms with Crippen molar-refractivity contribution in [2.24, 2.45) is 0 Å². The highest BCUT2D eigenvalue weighted by atomic mass is 19.1. The maximum absolute atomic E-state index is 12.7. The number of hydrogen-bond donors (Lipinski definition) is 1. The second-order valence-corrected chi connectivity index (χ2v) is 4.75. The number of nitrogens with one attached hydrogen (secondary N) is 1. The van der Waals surface area contributed by atoms with E-state index < -0.39 is 0 Å². The number of hydrogen-bond acceptors (Lipinski definition) is 2. The summed E-state index contributed by atoms with van der Waals surface area (Å²) in [6.07, 6.45) is 0.696. The summed E-state index contributed by atoms with van der Waals surface area (Å²) in [5.41, 5.74) is 1.07. The molecule has 1 atom stereocenters. The minimum absolute atomic E-state index is 0.193. The molecule has 0 aromatic heterocycles. The Balaban J connectivity index is 1.77. The molecule has 0 spiro atoms. The molecule has 1 unspecified atom stereocenters. The number of halogens is 1. The van der Waals surface area contributed by atoms with Gasteiger partial charge in [0.2, 0.25) is 0 Å². The Morgan fingerprint density at radius 2 is 2.11 bits per heavy atom. The van der Waals surface area contributed by atoms with Crippen molar-refractivity contribution in [1.29, 1.82) is 0 Å². The molecular formula is C15H19FN2. The Morgan fingerprint density at radius 3 is 2.83 bits per heavy atom. The first-order valence-corrected chi connectivity index (χ1v) is 6.40. The van der Waals surface area contributed by atoms with Crippen molar-refractivity contribution in [1.82, 2.24) is 10.2 Å². The molecule has 1 N–H and O–H groups in total. The lowest BCUT2D eigenvalue weighted by molar-refractivity contribution is 0.229. The van der Waals surface area contributed by atoms with E-state index in [2.05, 4.69) is 29.0 Å². The normalized spacial score (nSPS) is 20.2. The molecule has 0 saturated carbocycles. The molecule has 1 aliphatic heterocycles. The van der Waals surface area contributed by atoms with Crippen LogP contribution in [0.25, 0.3) is 0 Å². The molecule has 1 fully saturated rings. The number of nitrogens with zero attached hydrogens (tertiary/aromatic N) is 1. The van der Waals surface area contributed by atoms with E-state index in [0.717, 1.165) is 31.7 Å². The molecular weight excluding hydrogens is 227 g/mol.